The number of benzene rings is 1. The normalized spacial score (nSPS) is 12.6. The highest BCUT2D eigenvalue weighted by Crippen LogP contribution is 2.13. The van der Waals surface area contributed by atoms with Crippen LogP contribution in [0.1, 0.15) is 25.8 Å². The molecule has 1 aromatic carbocycles. The van der Waals surface area contributed by atoms with Gasteiger partial charge < -0.3 is 15.5 Å². The van der Waals surface area contributed by atoms with Crippen molar-refractivity contribution in [2.45, 2.75) is 26.8 Å². The van der Waals surface area contributed by atoms with Gasteiger partial charge in [0.2, 0.25) is 0 Å². The SMILES string of the molecule is CC(C)CC(CNCc1cccc(O)c1)C(=O)O. The molecule has 0 saturated heterocycles. The number of nitrogens with one attached hydrogen (secondary N) is 1. The fourth-order valence-electron chi connectivity index (χ4n) is 1.90. The summed E-state index contributed by atoms with van der Waals surface area (Å²) >= 11 is 0. The van der Waals surface area contributed by atoms with Gasteiger partial charge in [-0.15, -0.1) is 0 Å². The van der Waals surface area contributed by atoms with Crippen molar-refractivity contribution in [3.05, 3.63) is 29.8 Å². The minimum Gasteiger partial charge on any atom is -0.508 e. The van der Waals surface area contributed by atoms with E-state index in [2.05, 4.69) is 5.32 Å². The Morgan fingerprint density at radius 2 is 2.11 bits per heavy atom. The van der Waals surface area contributed by atoms with Crippen molar-refractivity contribution >= 4 is 5.97 Å². The predicted molar refractivity (Wildman–Crippen MR) is 70.4 cm³/mol. The number of phenols is 1. The summed E-state index contributed by atoms with van der Waals surface area (Å²) in [5.74, 6) is -0.519. The molecule has 1 aromatic rings. The number of aromatic hydroxyl groups is 1. The molecule has 0 fully saturated rings. The van der Waals surface area contributed by atoms with Crippen molar-refractivity contribution in [2.75, 3.05) is 6.54 Å². The summed E-state index contributed by atoms with van der Waals surface area (Å²) in [5, 5.41) is 21.5. The highest BCUT2D eigenvalue weighted by Gasteiger charge is 2.18. The highest BCUT2D eigenvalue weighted by atomic mass is 16.4. The van der Waals surface area contributed by atoms with Crippen LogP contribution in [0.4, 0.5) is 0 Å². The van der Waals surface area contributed by atoms with E-state index in [-0.39, 0.29) is 11.7 Å². The zero-order valence-corrected chi connectivity index (χ0v) is 10.9. The quantitative estimate of drug-likeness (QED) is 0.695. The average Bonchev–Trinajstić information content (AvgIpc) is 2.27. The van der Waals surface area contributed by atoms with Crippen LogP contribution < -0.4 is 5.32 Å². The summed E-state index contributed by atoms with van der Waals surface area (Å²) in [6, 6.07) is 6.95. The van der Waals surface area contributed by atoms with E-state index in [1.165, 1.54) is 0 Å². The first-order valence-corrected chi connectivity index (χ1v) is 6.20. The Labute approximate surface area is 108 Å². The molecule has 4 nitrogen and oxygen atoms in total. The third kappa shape index (κ3) is 5.19. The van der Waals surface area contributed by atoms with E-state index in [9.17, 15) is 9.90 Å². The van der Waals surface area contributed by atoms with E-state index < -0.39 is 5.97 Å². The second-order valence-electron chi connectivity index (χ2n) is 4.97. The Bertz CT molecular complexity index is 390. The minimum atomic E-state index is -0.757. The zero-order valence-electron chi connectivity index (χ0n) is 10.9. The minimum absolute atomic E-state index is 0.228. The van der Waals surface area contributed by atoms with Gasteiger partial charge in [0, 0.05) is 13.1 Å². The molecule has 0 bridgehead atoms. The molecule has 0 aliphatic carbocycles. The topological polar surface area (TPSA) is 69.6 Å². The number of carboxylic acid groups (broad SMARTS) is 1. The molecule has 0 radical (unpaired) electrons. The van der Waals surface area contributed by atoms with Crippen LogP contribution in [0.15, 0.2) is 24.3 Å². The Balaban J connectivity index is 2.41. The van der Waals surface area contributed by atoms with Crippen LogP contribution in [0.2, 0.25) is 0 Å². The second-order valence-corrected chi connectivity index (χ2v) is 4.97. The summed E-state index contributed by atoms with van der Waals surface area (Å²) in [6.45, 7) is 5.05. The Kier molecular flexibility index (Phi) is 5.65. The van der Waals surface area contributed by atoms with Crippen LogP contribution in [0.3, 0.4) is 0 Å². The molecule has 0 heterocycles. The molecular formula is C14H21NO3. The molecule has 0 spiro atoms. The van der Waals surface area contributed by atoms with E-state index in [0.29, 0.717) is 25.4 Å². The lowest BCUT2D eigenvalue weighted by molar-refractivity contribution is -0.142. The first-order chi connectivity index (χ1) is 8.49. The smallest absolute Gasteiger partial charge is 0.307 e. The summed E-state index contributed by atoms with van der Waals surface area (Å²) < 4.78 is 0. The molecule has 1 unspecified atom stereocenters. The number of hydrogen-bond donors (Lipinski definition) is 3. The lowest BCUT2D eigenvalue weighted by Crippen LogP contribution is -2.29. The van der Waals surface area contributed by atoms with Gasteiger partial charge in [0.05, 0.1) is 5.92 Å². The Morgan fingerprint density at radius 1 is 1.39 bits per heavy atom. The molecule has 1 rings (SSSR count). The first-order valence-electron chi connectivity index (χ1n) is 6.20. The summed E-state index contributed by atoms with van der Waals surface area (Å²) in [5.41, 5.74) is 0.948. The first kappa shape index (κ1) is 14.5. The molecule has 0 aliphatic rings. The van der Waals surface area contributed by atoms with Gasteiger partial charge in [0.15, 0.2) is 0 Å². The number of rotatable bonds is 7. The molecule has 1 atom stereocenters. The molecule has 3 N–H and O–H groups in total. The van der Waals surface area contributed by atoms with Crippen molar-refractivity contribution in [1.29, 1.82) is 0 Å². The molecule has 18 heavy (non-hydrogen) atoms. The standard InChI is InChI=1S/C14H21NO3/c1-10(2)6-12(14(17)18)9-15-8-11-4-3-5-13(16)7-11/h3-5,7,10,12,15-16H,6,8-9H2,1-2H3,(H,17,18). The summed E-state index contributed by atoms with van der Waals surface area (Å²) in [7, 11) is 0. The lowest BCUT2D eigenvalue weighted by Gasteiger charge is -2.15. The van der Waals surface area contributed by atoms with Crippen LogP contribution >= 0.6 is 0 Å². The summed E-state index contributed by atoms with van der Waals surface area (Å²) in [4.78, 5) is 11.1. The predicted octanol–water partition coefficient (Wildman–Crippen LogP) is 2.23. The van der Waals surface area contributed by atoms with Gasteiger partial charge in [-0.25, -0.2) is 0 Å². The molecule has 0 aromatic heterocycles. The van der Waals surface area contributed by atoms with Gasteiger partial charge in [-0.3, -0.25) is 4.79 Å². The fourth-order valence-corrected chi connectivity index (χ4v) is 1.90. The molecule has 100 valence electrons. The summed E-state index contributed by atoms with van der Waals surface area (Å²) in [6.07, 6.45) is 0.669. The molecule has 0 aliphatic heterocycles. The van der Waals surface area contributed by atoms with Gasteiger partial charge in [0.1, 0.15) is 5.75 Å². The number of phenolic OH excluding ortho intramolecular Hbond substituents is 1. The van der Waals surface area contributed by atoms with E-state index in [1.54, 1.807) is 18.2 Å². The van der Waals surface area contributed by atoms with Gasteiger partial charge in [0.25, 0.3) is 0 Å². The maximum absolute atomic E-state index is 11.1. The van der Waals surface area contributed by atoms with Crippen LogP contribution in [0.25, 0.3) is 0 Å². The third-order valence-corrected chi connectivity index (χ3v) is 2.74. The third-order valence-electron chi connectivity index (χ3n) is 2.74. The highest BCUT2D eigenvalue weighted by molar-refractivity contribution is 5.70. The Hall–Kier alpha value is -1.55. The van der Waals surface area contributed by atoms with Gasteiger partial charge in [-0.1, -0.05) is 26.0 Å². The van der Waals surface area contributed by atoms with E-state index in [4.69, 9.17) is 5.11 Å². The average molecular weight is 251 g/mol. The number of carbonyl (C=O) groups is 1. The van der Waals surface area contributed by atoms with Crippen LogP contribution in [0, 0.1) is 11.8 Å². The maximum Gasteiger partial charge on any atom is 0.307 e. The number of hydrogen-bond acceptors (Lipinski definition) is 3. The monoisotopic (exact) mass is 251 g/mol. The van der Waals surface area contributed by atoms with E-state index in [1.807, 2.05) is 19.9 Å². The van der Waals surface area contributed by atoms with Crippen LogP contribution in [0.5, 0.6) is 5.75 Å². The van der Waals surface area contributed by atoms with E-state index >= 15 is 0 Å². The van der Waals surface area contributed by atoms with E-state index in [0.717, 1.165) is 5.56 Å². The molecular weight excluding hydrogens is 230 g/mol. The number of carboxylic acids is 1. The Morgan fingerprint density at radius 3 is 2.67 bits per heavy atom. The van der Waals surface area contributed by atoms with Gasteiger partial charge in [-0.2, -0.15) is 0 Å². The largest absolute Gasteiger partial charge is 0.508 e. The van der Waals surface area contributed by atoms with Crippen molar-refractivity contribution < 1.29 is 15.0 Å². The second kappa shape index (κ2) is 7.01. The molecule has 0 amide bonds. The van der Waals surface area contributed by atoms with Gasteiger partial charge >= 0.3 is 5.97 Å². The zero-order chi connectivity index (χ0) is 13.5. The van der Waals surface area contributed by atoms with Crippen molar-refractivity contribution in [3.63, 3.8) is 0 Å². The number of aliphatic carboxylic acids is 1. The maximum atomic E-state index is 11.1. The van der Waals surface area contributed by atoms with Crippen molar-refractivity contribution in [1.82, 2.24) is 5.32 Å². The van der Waals surface area contributed by atoms with Crippen LogP contribution in [-0.2, 0) is 11.3 Å². The van der Waals surface area contributed by atoms with Crippen molar-refractivity contribution in [2.24, 2.45) is 11.8 Å². The molecule has 0 saturated carbocycles. The van der Waals surface area contributed by atoms with Gasteiger partial charge in [-0.05, 0) is 30.0 Å². The van der Waals surface area contributed by atoms with Crippen molar-refractivity contribution in [3.8, 4) is 5.75 Å². The molecule has 4 heteroatoms. The van der Waals surface area contributed by atoms with Crippen LogP contribution in [-0.4, -0.2) is 22.7 Å². The lowest BCUT2D eigenvalue weighted by atomic mass is 9.97. The fraction of sp³-hybridized carbons (Fsp3) is 0.500.